The van der Waals surface area contributed by atoms with Crippen LogP contribution in [-0.2, 0) is 4.74 Å². The molecule has 0 radical (unpaired) electrons. The van der Waals surface area contributed by atoms with Gasteiger partial charge in [0.1, 0.15) is 11.6 Å². The van der Waals surface area contributed by atoms with E-state index in [1.165, 1.54) is 12.1 Å². The van der Waals surface area contributed by atoms with Crippen LogP contribution < -0.4 is 0 Å². The molecule has 3 unspecified atom stereocenters. The Morgan fingerprint density at radius 3 is 2.95 bits per heavy atom. The summed E-state index contributed by atoms with van der Waals surface area (Å²) in [7, 11) is 1.74. The molecule has 2 aromatic rings. The number of hydrogen-bond donors (Lipinski definition) is 0. The van der Waals surface area contributed by atoms with Crippen LogP contribution in [0.25, 0.3) is 11.0 Å². The van der Waals surface area contributed by atoms with Crippen LogP contribution in [0, 0.1) is 5.82 Å². The number of benzene rings is 1. The number of imidazole rings is 1. The highest BCUT2D eigenvalue weighted by Crippen LogP contribution is 2.38. The standard InChI is InChI=1S/C15H18ClFN2O/c1-9(16)15-18-11-8-10(17)6-7-12(11)19(15)13-4-3-5-14(13)20-2/h6-9,13-14H,3-5H2,1-2H3. The van der Waals surface area contributed by atoms with Crippen molar-refractivity contribution in [3.63, 3.8) is 0 Å². The van der Waals surface area contributed by atoms with Crippen molar-refractivity contribution in [3.05, 3.63) is 29.8 Å². The molecule has 0 N–H and O–H groups in total. The summed E-state index contributed by atoms with van der Waals surface area (Å²) in [4.78, 5) is 4.52. The highest BCUT2D eigenvalue weighted by atomic mass is 35.5. The summed E-state index contributed by atoms with van der Waals surface area (Å²) in [5.41, 5.74) is 1.59. The smallest absolute Gasteiger partial charge is 0.128 e. The average Bonchev–Trinajstić information content (AvgIpc) is 3.00. The molecule has 3 rings (SSSR count). The second-order valence-electron chi connectivity index (χ2n) is 5.36. The van der Waals surface area contributed by atoms with Crippen LogP contribution in [0.5, 0.6) is 0 Å². The van der Waals surface area contributed by atoms with Gasteiger partial charge in [0.05, 0.1) is 28.6 Å². The predicted octanol–water partition coefficient (Wildman–Crippen LogP) is 4.22. The SMILES string of the molecule is COC1CCCC1n1c(C(C)Cl)nc2cc(F)ccc21. The zero-order chi connectivity index (χ0) is 14.3. The van der Waals surface area contributed by atoms with Gasteiger partial charge >= 0.3 is 0 Å². The molecule has 1 heterocycles. The second kappa shape index (κ2) is 5.34. The summed E-state index contributed by atoms with van der Waals surface area (Å²) in [6.07, 6.45) is 3.38. The average molecular weight is 297 g/mol. The van der Waals surface area contributed by atoms with Crippen molar-refractivity contribution < 1.29 is 9.13 Å². The van der Waals surface area contributed by atoms with Crippen LogP contribution in [-0.4, -0.2) is 22.8 Å². The lowest BCUT2D eigenvalue weighted by Gasteiger charge is -2.23. The molecule has 3 atom stereocenters. The number of methoxy groups -OCH3 is 1. The van der Waals surface area contributed by atoms with E-state index in [9.17, 15) is 4.39 Å². The van der Waals surface area contributed by atoms with E-state index in [-0.39, 0.29) is 23.3 Å². The molecule has 0 saturated heterocycles. The van der Waals surface area contributed by atoms with Crippen LogP contribution >= 0.6 is 11.6 Å². The summed E-state index contributed by atoms with van der Waals surface area (Å²) in [5, 5.41) is -0.219. The number of hydrogen-bond acceptors (Lipinski definition) is 2. The molecule has 1 aliphatic carbocycles. The third kappa shape index (κ3) is 2.21. The quantitative estimate of drug-likeness (QED) is 0.793. The highest BCUT2D eigenvalue weighted by Gasteiger charge is 2.32. The fraction of sp³-hybridized carbons (Fsp3) is 0.533. The van der Waals surface area contributed by atoms with E-state index >= 15 is 0 Å². The molecule has 0 bridgehead atoms. The molecule has 1 aliphatic rings. The second-order valence-corrected chi connectivity index (χ2v) is 6.02. The van der Waals surface area contributed by atoms with E-state index in [0.717, 1.165) is 30.6 Å². The van der Waals surface area contributed by atoms with Crippen LogP contribution in [0.4, 0.5) is 4.39 Å². The van der Waals surface area contributed by atoms with Crippen LogP contribution in [0.15, 0.2) is 18.2 Å². The third-order valence-electron chi connectivity index (χ3n) is 4.09. The first kappa shape index (κ1) is 13.8. The van der Waals surface area contributed by atoms with E-state index in [1.54, 1.807) is 13.2 Å². The predicted molar refractivity (Wildman–Crippen MR) is 77.6 cm³/mol. The summed E-state index contributed by atoms with van der Waals surface area (Å²) < 4.78 is 21.1. The van der Waals surface area contributed by atoms with Gasteiger partial charge < -0.3 is 9.30 Å². The van der Waals surface area contributed by atoms with Crippen molar-refractivity contribution in [3.8, 4) is 0 Å². The molecule has 1 fully saturated rings. The Kier molecular flexibility index (Phi) is 3.69. The largest absolute Gasteiger partial charge is 0.379 e. The number of fused-ring (bicyclic) bond motifs is 1. The van der Waals surface area contributed by atoms with Gasteiger partial charge in [-0.2, -0.15) is 0 Å². The van der Waals surface area contributed by atoms with E-state index in [0.29, 0.717) is 5.52 Å². The number of halogens is 2. The van der Waals surface area contributed by atoms with Crippen LogP contribution in [0.2, 0.25) is 0 Å². The van der Waals surface area contributed by atoms with Gasteiger partial charge in [0, 0.05) is 13.2 Å². The van der Waals surface area contributed by atoms with Gasteiger partial charge in [-0.15, -0.1) is 11.6 Å². The summed E-state index contributed by atoms with van der Waals surface area (Å²) in [6, 6.07) is 4.95. The minimum Gasteiger partial charge on any atom is -0.379 e. The Hall–Kier alpha value is -1.13. The van der Waals surface area contributed by atoms with Crippen LogP contribution in [0.3, 0.4) is 0 Å². The van der Waals surface area contributed by atoms with Gasteiger partial charge in [-0.05, 0) is 38.3 Å². The lowest BCUT2D eigenvalue weighted by Crippen LogP contribution is -2.22. The number of aromatic nitrogens is 2. The number of nitrogens with zero attached hydrogens (tertiary/aromatic N) is 2. The summed E-state index contributed by atoms with van der Waals surface area (Å²) in [6.45, 7) is 1.90. The Bertz CT molecular complexity index is 626. The minimum atomic E-state index is -0.273. The lowest BCUT2D eigenvalue weighted by molar-refractivity contribution is 0.0753. The topological polar surface area (TPSA) is 27.1 Å². The number of alkyl halides is 1. The molecule has 0 amide bonds. The Morgan fingerprint density at radius 1 is 1.45 bits per heavy atom. The first-order valence-corrected chi connectivity index (χ1v) is 7.39. The van der Waals surface area contributed by atoms with Gasteiger partial charge in [-0.1, -0.05) is 0 Å². The molecule has 0 spiro atoms. The first-order chi connectivity index (χ1) is 9.61. The molecule has 3 nitrogen and oxygen atoms in total. The minimum absolute atomic E-state index is 0.173. The molecule has 108 valence electrons. The zero-order valence-corrected chi connectivity index (χ0v) is 12.4. The molecule has 5 heteroatoms. The van der Waals surface area contributed by atoms with Gasteiger partial charge in [0.15, 0.2) is 0 Å². The maximum Gasteiger partial charge on any atom is 0.128 e. The van der Waals surface area contributed by atoms with Crippen molar-refractivity contribution >= 4 is 22.6 Å². The van der Waals surface area contributed by atoms with E-state index in [4.69, 9.17) is 16.3 Å². The monoisotopic (exact) mass is 296 g/mol. The van der Waals surface area contributed by atoms with Gasteiger partial charge in [0.25, 0.3) is 0 Å². The van der Waals surface area contributed by atoms with Crippen molar-refractivity contribution in [2.45, 2.75) is 43.7 Å². The fourth-order valence-electron chi connectivity index (χ4n) is 3.20. The van der Waals surface area contributed by atoms with Crippen molar-refractivity contribution in [2.24, 2.45) is 0 Å². The van der Waals surface area contributed by atoms with Crippen LogP contribution in [0.1, 0.15) is 43.4 Å². The first-order valence-electron chi connectivity index (χ1n) is 6.96. The summed E-state index contributed by atoms with van der Waals surface area (Å²) >= 11 is 6.27. The molecule has 0 aliphatic heterocycles. The normalized spacial score (nSPS) is 24.4. The van der Waals surface area contributed by atoms with Crippen molar-refractivity contribution in [1.29, 1.82) is 0 Å². The molecule has 1 aromatic carbocycles. The number of rotatable bonds is 3. The molecule has 1 aromatic heterocycles. The van der Waals surface area contributed by atoms with Crippen molar-refractivity contribution in [1.82, 2.24) is 9.55 Å². The van der Waals surface area contributed by atoms with Gasteiger partial charge in [0.2, 0.25) is 0 Å². The summed E-state index contributed by atoms with van der Waals surface area (Å²) in [5.74, 6) is 0.520. The van der Waals surface area contributed by atoms with E-state index in [1.807, 2.05) is 6.92 Å². The Labute approximate surface area is 122 Å². The molecule has 20 heavy (non-hydrogen) atoms. The van der Waals surface area contributed by atoms with E-state index in [2.05, 4.69) is 9.55 Å². The lowest BCUT2D eigenvalue weighted by atomic mass is 10.2. The number of ether oxygens (including phenoxy) is 1. The Balaban J connectivity index is 2.18. The molecular weight excluding hydrogens is 279 g/mol. The maximum atomic E-state index is 13.4. The third-order valence-corrected chi connectivity index (χ3v) is 4.28. The van der Waals surface area contributed by atoms with Gasteiger partial charge in [-0.3, -0.25) is 0 Å². The molecular formula is C15H18ClFN2O. The highest BCUT2D eigenvalue weighted by molar-refractivity contribution is 6.20. The fourth-order valence-corrected chi connectivity index (χ4v) is 3.35. The maximum absolute atomic E-state index is 13.4. The Morgan fingerprint density at radius 2 is 2.25 bits per heavy atom. The molecule has 1 saturated carbocycles. The van der Waals surface area contributed by atoms with Crippen molar-refractivity contribution in [2.75, 3.05) is 7.11 Å². The van der Waals surface area contributed by atoms with E-state index < -0.39 is 0 Å². The zero-order valence-electron chi connectivity index (χ0n) is 11.6. The van der Waals surface area contributed by atoms with Gasteiger partial charge in [-0.25, -0.2) is 9.37 Å².